The quantitative estimate of drug-likeness (QED) is 0.758. The van der Waals surface area contributed by atoms with E-state index in [1.54, 1.807) is 0 Å². The van der Waals surface area contributed by atoms with Crippen LogP contribution < -0.4 is 4.74 Å². The molecule has 98 valence electrons. The van der Waals surface area contributed by atoms with Gasteiger partial charge in [0.05, 0.1) is 0 Å². The lowest BCUT2D eigenvalue weighted by atomic mass is 10.1. The average Bonchev–Trinajstić information content (AvgIpc) is 2.38. The highest BCUT2D eigenvalue weighted by Crippen LogP contribution is 2.30. The first kappa shape index (κ1) is 13.7. The Morgan fingerprint density at radius 1 is 1.16 bits per heavy atom. The fraction of sp³-hybridized carbons (Fsp3) is 0.133. The van der Waals surface area contributed by atoms with E-state index >= 15 is 0 Å². The highest BCUT2D eigenvalue weighted by atomic mass is 79.9. The van der Waals surface area contributed by atoms with E-state index in [1.807, 2.05) is 26.0 Å². The Bertz CT molecular complexity index is 615. The first-order chi connectivity index (χ1) is 9.01. The lowest BCUT2D eigenvalue weighted by Gasteiger charge is -2.10. The summed E-state index contributed by atoms with van der Waals surface area (Å²) in [6.07, 6.45) is 0.598. The molecule has 0 saturated heterocycles. The van der Waals surface area contributed by atoms with E-state index in [4.69, 9.17) is 4.74 Å². The molecule has 0 radical (unpaired) electrons. The van der Waals surface area contributed by atoms with E-state index in [9.17, 15) is 9.18 Å². The van der Waals surface area contributed by atoms with Gasteiger partial charge in [0.15, 0.2) is 11.6 Å². The minimum absolute atomic E-state index is 0.103. The van der Waals surface area contributed by atoms with Crippen LogP contribution in [0.4, 0.5) is 4.39 Å². The van der Waals surface area contributed by atoms with Crippen molar-refractivity contribution in [3.8, 4) is 11.5 Å². The molecule has 0 N–H and O–H groups in total. The Kier molecular flexibility index (Phi) is 4.00. The molecule has 0 atom stereocenters. The van der Waals surface area contributed by atoms with Gasteiger partial charge in [-0.05, 0) is 55.3 Å². The van der Waals surface area contributed by atoms with E-state index in [0.717, 1.165) is 21.7 Å². The van der Waals surface area contributed by atoms with Crippen LogP contribution in [0.5, 0.6) is 11.5 Å². The molecule has 19 heavy (non-hydrogen) atoms. The number of benzene rings is 2. The van der Waals surface area contributed by atoms with Gasteiger partial charge in [-0.2, -0.15) is 0 Å². The van der Waals surface area contributed by atoms with E-state index in [-0.39, 0.29) is 11.3 Å². The fourth-order valence-electron chi connectivity index (χ4n) is 1.77. The summed E-state index contributed by atoms with van der Waals surface area (Å²) < 4.78 is 20.2. The summed E-state index contributed by atoms with van der Waals surface area (Å²) in [4.78, 5) is 10.5. The van der Waals surface area contributed by atoms with Crippen LogP contribution in [0.2, 0.25) is 0 Å². The molecule has 2 nitrogen and oxygen atoms in total. The number of carbonyl (C=O) groups is 1. The summed E-state index contributed by atoms with van der Waals surface area (Å²) in [5, 5.41) is 0. The van der Waals surface area contributed by atoms with Gasteiger partial charge in [0.25, 0.3) is 0 Å². The Balaban J connectivity index is 2.33. The van der Waals surface area contributed by atoms with Crippen molar-refractivity contribution >= 4 is 22.2 Å². The Morgan fingerprint density at radius 3 is 2.32 bits per heavy atom. The van der Waals surface area contributed by atoms with Crippen molar-refractivity contribution in [2.75, 3.05) is 0 Å². The van der Waals surface area contributed by atoms with E-state index in [2.05, 4.69) is 15.9 Å². The SMILES string of the molecule is Cc1cc(Oc2ccc(C=O)cc2F)cc(C)c1Br. The molecule has 2 aromatic rings. The van der Waals surface area contributed by atoms with Crippen molar-refractivity contribution < 1.29 is 13.9 Å². The number of halogens is 2. The summed E-state index contributed by atoms with van der Waals surface area (Å²) in [5.41, 5.74) is 2.31. The number of hydrogen-bond acceptors (Lipinski definition) is 2. The monoisotopic (exact) mass is 322 g/mol. The number of ether oxygens (including phenoxy) is 1. The van der Waals surface area contributed by atoms with Crippen LogP contribution in [-0.4, -0.2) is 6.29 Å². The summed E-state index contributed by atoms with van der Waals surface area (Å²) in [5.74, 6) is 0.116. The van der Waals surface area contributed by atoms with Gasteiger partial charge >= 0.3 is 0 Å². The molecular weight excluding hydrogens is 311 g/mol. The summed E-state index contributed by atoms with van der Waals surface area (Å²) >= 11 is 3.46. The zero-order chi connectivity index (χ0) is 14.0. The third kappa shape index (κ3) is 3.01. The highest BCUT2D eigenvalue weighted by Gasteiger charge is 2.08. The van der Waals surface area contributed by atoms with Gasteiger partial charge in [0.1, 0.15) is 12.0 Å². The maximum Gasteiger partial charge on any atom is 0.166 e. The molecule has 0 aliphatic rings. The maximum absolute atomic E-state index is 13.7. The minimum Gasteiger partial charge on any atom is -0.454 e. The van der Waals surface area contributed by atoms with Crippen LogP contribution >= 0.6 is 15.9 Å². The number of rotatable bonds is 3. The van der Waals surface area contributed by atoms with Gasteiger partial charge in [0.2, 0.25) is 0 Å². The van der Waals surface area contributed by atoms with Gasteiger partial charge < -0.3 is 4.74 Å². The molecule has 0 aliphatic carbocycles. The first-order valence-corrected chi connectivity index (χ1v) is 6.50. The number of hydrogen-bond donors (Lipinski definition) is 0. The van der Waals surface area contributed by atoms with E-state index < -0.39 is 5.82 Å². The van der Waals surface area contributed by atoms with Crippen LogP contribution in [0, 0.1) is 19.7 Å². The average molecular weight is 323 g/mol. The van der Waals surface area contributed by atoms with Gasteiger partial charge in [0, 0.05) is 10.0 Å². The Hall–Kier alpha value is -1.68. The van der Waals surface area contributed by atoms with Crippen molar-refractivity contribution in [1.82, 2.24) is 0 Å². The van der Waals surface area contributed by atoms with Gasteiger partial charge in [-0.1, -0.05) is 15.9 Å². The Labute approximate surface area is 119 Å². The standard InChI is InChI=1S/C15H12BrFO2/c1-9-5-12(6-10(2)15(9)16)19-14-4-3-11(8-18)7-13(14)17/h3-8H,1-2H3. The maximum atomic E-state index is 13.7. The molecule has 0 spiro atoms. The normalized spacial score (nSPS) is 10.3. The minimum atomic E-state index is -0.553. The molecule has 0 saturated carbocycles. The molecule has 0 aliphatic heterocycles. The van der Waals surface area contributed by atoms with Crippen molar-refractivity contribution in [2.45, 2.75) is 13.8 Å². The van der Waals surface area contributed by atoms with Crippen LogP contribution in [0.1, 0.15) is 21.5 Å². The predicted molar refractivity (Wildman–Crippen MR) is 75.5 cm³/mol. The van der Waals surface area contributed by atoms with Crippen LogP contribution in [0.15, 0.2) is 34.8 Å². The largest absolute Gasteiger partial charge is 0.454 e. The van der Waals surface area contributed by atoms with Gasteiger partial charge in [-0.25, -0.2) is 4.39 Å². The second kappa shape index (κ2) is 5.53. The molecular formula is C15H12BrFO2. The number of aldehydes is 1. The second-order valence-corrected chi connectivity index (χ2v) is 5.07. The van der Waals surface area contributed by atoms with Crippen molar-refractivity contribution in [2.24, 2.45) is 0 Å². The van der Waals surface area contributed by atoms with Crippen LogP contribution in [0.25, 0.3) is 0 Å². The molecule has 0 amide bonds. The lowest BCUT2D eigenvalue weighted by molar-refractivity contribution is 0.112. The van der Waals surface area contributed by atoms with Crippen molar-refractivity contribution in [1.29, 1.82) is 0 Å². The fourth-order valence-corrected chi connectivity index (χ4v) is 1.99. The highest BCUT2D eigenvalue weighted by molar-refractivity contribution is 9.10. The van der Waals surface area contributed by atoms with E-state index in [0.29, 0.717) is 12.0 Å². The zero-order valence-electron chi connectivity index (χ0n) is 10.5. The third-order valence-corrected chi connectivity index (χ3v) is 3.98. The molecule has 0 heterocycles. The van der Waals surface area contributed by atoms with Crippen LogP contribution in [-0.2, 0) is 0 Å². The van der Waals surface area contributed by atoms with Gasteiger partial charge in [-0.15, -0.1) is 0 Å². The van der Waals surface area contributed by atoms with Gasteiger partial charge in [-0.3, -0.25) is 4.79 Å². The summed E-state index contributed by atoms with van der Waals surface area (Å²) in [7, 11) is 0. The van der Waals surface area contributed by atoms with Crippen LogP contribution in [0.3, 0.4) is 0 Å². The summed E-state index contributed by atoms with van der Waals surface area (Å²) in [6.45, 7) is 3.88. The molecule has 2 rings (SSSR count). The van der Waals surface area contributed by atoms with Crippen molar-refractivity contribution in [3.05, 3.63) is 57.3 Å². The molecule has 0 fully saturated rings. The molecule has 2 aromatic carbocycles. The molecule has 4 heteroatoms. The molecule has 0 unspecified atom stereocenters. The summed E-state index contributed by atoms with van der Waals surface area (Å²) in [6, 6.07) is 7.77. The molecule has 0 bridgehead atoms. The smallest absolute Gasteiger partial charge is 0.166 e. The Morgan fingerprint density at radius 2 is 1.79 bits per heavy atom. The number of aryl methyl sites for hydroxylation is 2. The zero-order valence-corrected chi connectivity index (χ0v) is 12.1. The lowest BCUT2D eigenvalue weighted by Crippen LogP contribution is -1.92. The molecule has 0 aromatic heterocycles. The third-order valence-electron chi connectivity index (χ3n) is 2.73. The topological polar surface area (TPSA) is 26.3 Å². The van der Waals surface area contributed by atoms with E-state index in [1.165, 1.54) is 12.1 Å². The second-order valence-electron chi connectivity index (χ2n) is 4.28. The predicted octanol–water partition coefficient (Wildman–Crippen LogP) is 4.81. The first-order valence-electron chi connectivity index (χ1n) is 5.70. The number of carbonyl (C=O) groups excluding carboxylic acids is 1. The van der Waals surface area contributed by atoms with Crippen molar-refractivity contribution in [3.63, 3.8) is 0 Å².